The fourth-order valence-electron chi connectivity index (χ4n) is 2.58. The molecule has 2 rings (SSSR count). The molecule has 0 spiro atoms. The highest BCUT2D eigenvalue weighted by molar-refractivity contribution is 9.10. The minimum Gasteiger partial charge on any atom is -0.450 e. The number of benzene rings is 1. The Kier molecular flexibility index (Phi) is 6.90. The predicted molar refractivity (Wildman–Crippen MR) is 97.2 cm³/mol. The molecule has 24 heavy (non-hydrogen) atoms. The summed E-state index contributed by atoms with van der Waals surface area (Å²) in [4.78, 5) is 27.4. The van der Waals surface area contributed by atoms with Crippen LogP contribution in [0.4, 0.5) is 10.5 Å². The summed E-state index contributed by atoms with van der Waals surface area (Å²) in [5.41, 5.74) is 2.16. The van der Waals surface area contributed by atoms with Gasteiger partial charge in [0.1, 0.15) is 0 Å². The molecule has 1 aromatic rings. The van der Waals surface area contributed by atoms with E-state index < -0.39 is 0 Å². The van der Waals surface area contributed by atoms with Crippen LogP contribution < -0.4 is 5.32 Å². The van der Waals surface area contributed by atoms with Crippen LogP contribution in [-0.4, -0.2) is 61.1 Å². The van der Waals surface area contributed by atoms with Gasteiger partial charge >= 0.3 is 6.09 Å². The smallest absolute Gasteiger partial charge is 0.409 e. The van der Waals surface area contributed by atoms with Gasteiger partial charge in [-0.25, -0.2) is 4.79 Å². The van der Waals surface area contributed by atoms with Gasteiger partial charge in [-0.15, -0.1) is 0 Å². The SMILES string of the molecule is CCOC(=O)N1CCN(C(=O)CCNc2ccc(Br)c(C)c2)CC1. The minimum absolute atomic E-state index is 0.111. The molecule has 1 saturated heterocycles. The Balaban J connectivity index is 1.72. The molecular weight excluding hydrogens is 374 g/mol. The number of piperazine rings is 1. The van der Waals surface area contributed by atoms with Crippen molar-refractivity contribution in [2.75, 3.05) is 44.6 Å². The third-order valence-electron chi connectivity index (χ3n) is 3.98. The zero-order valence-corrected chi connectivity index (χ0v) is 15.8. The molecule has 1 aliphatic rings. The van der Waals surface area contributed by atoms with E-state index >= 15 is 0 Å². The Hall–Kier alpha value is -1.76. The summed E-state index contributed by atoms with van der Waals surface area (Å²) >= 11 is 3.47. The molecule has 0 radical (unpaired) electrons. The molecule has 0 aromatic heterocycles. The van der Waals surface area contributed by atoms with E-state index in [1.807, 2.05) is 30.0 Å². The van der Waals surface area contributed by atoms with Crippen molar-refractivity contribution in [3.63, 3.8) is 0 Å². The van der Waals surface area contributed by atoms with E-state index in [0.717, 1.165) is 15.7 Å². The summed E-state index contributed by atoms with van der Waals surface area (Å²) in [6.45, 7) is 6.98. The average molecular weight is 398 g/mol. The Morgan fingerprint density at radius 2 is 1.88 bits per heavy atom. The van der Waals surface area contributed by atoms with E-state index in [1.165, 1.54) is 0 Å². The van der Waals surface area contributed by atoms with Crippen LogP contribution in [0.5, 0.6) is 0 Å². The standard InChI is InChI=1S/C17H24BrN3O3/c1-3-24-17(23)21-10-8-20(9-11-21)16(22)6-7-19-14-4-5-15(18)13(2)12-14/h4-5,12,19H,3,6-11H2,1-2H3. The zero-order chi connectivity index (χ0) is 17.5. The van der Waals surface area contributed by atoms with Crippen molar-refractivity contribution < 1.29 is 14.3 Å². The summed E-state index contributed by atoms with van der Waals surface area (Å²) < 4.78 is 6.05. The maximum atomic E-state index is 12.3. The fourth-order valence-corrected chi connectivity index (χ4v) is 2.83. The van der Waals surface area contributed by atoms with Crippen molar-refractivity contribution in [3.8, 4) is 0 Å². The third kappa shape index (κ3) is 5.12. The van der Waals surface area contributed by atoms with Gasteiger partial charge in [0.2, 0.25) is 5.91 Å². The first-order valence-corrected chi connectivity index (χ1v) is 9.00. The zero-order valence-electron chi connectivity index (χ0n) is 14.2. The highest BCUT2D eigenvalue weighted by atomic mass is 79.9. The molecular formula is C17H24BrN3O3. The number of ether oxygens (including phenoxy) is 1. The molecule has 7 heteroatoms. The van der Waals surface area contributed by atoms with Gasteiger partial charge in [-0.05, 0) is 37.6 Å². The summed E-state index contributed by atoms with van der Waals surface area (Å²) in [5, 5.41) is 3.27. The van der Waals surface area contributed by atoms with Crippen molar-refractivity contribution in [2.45, 2.75) is 20.3 Å². The second-order valence-electron chi connectivity index (χ2n) is 5.71. The van der Waals surface area contributed by atoms with Crippen LogP contribution in [0, 0.1) is 6.92 Å². The molecule has 0 atom stereocenters. The number of carbonyl (C=O) groups excluding carboxylic acids is 2. The lowest BCUT2D eigenvalue weighted by Crippen LogP contribution is -2.50. The fraction of sp³-hybridized carbons (Fsp3) is 0.529. The lowest BCUT2D eigenvalue weighted by molar-refractivity contribution is -0.132. The third-order valence-corrected chi connectivity index (χ3v) is 4.87. The largest absolute Gasteiger partial charge is 0.450 e. The lowest BCUT2D eigenvalue weighted by atomic mass is 10.2. The maximum Gasteiger partial charge on any atom is 0.409 e. The van der Waals surface area contributed by atoms with Crippen LogP contribution in [-0.2, 0) is 9.53 Å². The van der Waals surface area contributed by atoms with Gasteiger partial charge < -0.3 is 19.9 Å². The van der Waals surface area contributed by atoms with Gasteiger partial charge in [0.15, 0.2) is 0 Å². The van der Waals surface area contributed by atoms with E-state index in [2.05, 4.69) is 21.2 Å². The highest BCUT2D eigenvalue weighted by Gasteiger charge is 2.24. The summed E-state index contributed by atoms with van der Waals surface area (Å²) in [6, 6.07) is 6.03. The number of anilines is 1. The van der Waals surface area contributed by atoms with Gasteiger partial charge in [0.05, 0.1) is 6.61 Å². The number of carbonyl (C=O) groups is 2. The van der Waals surface area contributed by atoms with E-state index in [4.69, 9.17) is 4.74 Å². The van der Waals surface area contributed by atoms with Crippen LogP contribution in [0.25, 0.3) is 0 Å². The normalized spacial score (nSPS) is 14.5. The number of nitrogens with zero attached hydrogens (tertiary/aromatic N) is 2. The molecule has 1 aliphatic heterocycles. The highest BCUT2D eigenvalue weighted by Crippen LogP contribution is 2.20. The summed E-state index contributed by atoms with van der Waals surface area (Å²) in [7, 11) is 0. The monoisotopic (exact) mass is 397 g/mol. The molecule has 2 amide bonds. The van der Waals surface area contributed by atoms with Crippen molar-refractivity contribution in [3.05, 3.63) is 28.2 Å². The molecule has 6 nitrogen and oxygen atoms in total. The van der Waals surface area contributed by atoms with Gasteiger partial charge in [0, 0.05) is 49.3 Å². The molecule has 0 saturated carbocycles. The van der Waals surface area contributed by atoms with Crippen LogP contribution in [0.2, 0.25) is 0 Å². The number of hydrogen-bond donors (Lipinski definition) is 1. The van der Waals surface area contributed by atoms with Crippen molar-refractivity contribution >= 4 is 33.6 Å². The summed E-state index contributed by atoms with van der Waals surface area (Å²) in [5.74, 6) is 0.111. The Bertz CT molecular complexity index is 586. The predicted octanol–water partition coefficient (Wildman–Crippen LogP) is 2.86. The number of amides is 2. The Labute approximate surface area is 151 Å². The van der Waals surface area contributed by atoms with Crippen molar-refractivity contribution in [1.82, 2.24) is 9.80 Å². The maximum absolute atomic E-state index is 12.3. The lowest BCUT2D eigenvalue weighted by Gasteiger charge is -2.34. The number of hydrogen-bond acceptors (Lipinski definition) is 4. The van der Waals surface area contributed by atoms with Crippen LogP contribution in [0.1, 0.15) is 18.9 Å². The number of halogens is 1. The first-order valence-electron chi connectivity index (χ1n) is 8.20. The van der Waals surface area contributed by atoms with E-state index in [-0.39, 0.29) is 12.0 Å². The van der Waals surface area contributed by atoms with Gasteiger partial charge in [-0.3, -0.25) is 4.79 Å². The molecule has 132 valence electrons. The second-order valence-corrected chi connectivity index (χ2v) is 6.56. The molecule has 1 heterocycles. The van der Waals surface area contributed by atoms with Crippen molar-refractivity contribution in [1.29, 1.82) is 0 Å². The molecule has 0 unspecified atom stereocenters. The van der Waals surface area contributed by atoms with Crippen LogP contribution in [0.15, 0.2) is 22.7 Å². The van der Waals surface area contributed by atoms with Gasteiger partial charge in [0.25, 0.3) is 0 Å². The van der Waals surface area contributed by atoms with Crippen LogP contribution >= 0.6 is 15.9 Å². The van der Waals surface area contributed by atoms with Gasteiger partial charge in [-0.1, -0.05) is 15.9 Å². The van der Waals surface area contributed by atoms with Crippen molar-refractivity contribution in [2.24, 2.45) is 0 Å². The average Bonchev–Trinajstić information content (AvgIpc) is 2.58. The van der Waals surface area contributed by atoms with Crippen LogP contribution in [0.3, 0.4) is 0 Å². The topological polar surface area (TPSA) is 61.9 Å². The quantitative estimate of drug-likeness (QED) is 0.829. The first kappa shape index (κ1) is 18.6. The van der Waals surface area contributed by atoms with Gasteiger partial charge in [-0.2, -0.15) is 0 Å². The molecule has 1 N–H and O–H groups in total. The molecule has 0 aliphatic carbocycles. The number of rotatable bonds is 5. The molecule has 1 aromatic carbocycles. The second kappa shape index (κ2) is 8.92. The number of aryl methyl sites for hydroxylation is 1. The minimum atomic E-state index is -0.295. The molecule has 1 fully saturated rings. The summed E-state index contributed by atoms with van der Waals surface area (Å²) in [6.07, 6.45) is 0.144. The Morgan fingerprint density at radius 3 is 2.50 bits per heavy atom. The first-order chi connectivity index (χ1) is 11.5. The van der Waals surface area contributed by atoms with E-state index in [9.17, 15) is 9.59 Å². The van der Waals surface area contributed by atoms with E-state index in [1.54, 1.807) is 11.8 Å². The van der Waals surface area contributed by atoms with E-state index in [0.29, 0.717) is 45.8 Å². The Morgan fingerprint density at radius 1 is 1.21 bits per heavy atom. The number of nitrogens with one attached hydrogen (secondary N) is 1. The molecule has 0 bridgehead atoms.